The van der Waals surface area contributed by atoms with Crippen LogP contribution < -0.4 is 0 Å². The highest BCUT2D eigenvalue weighted by atomic mass is 16.2. The van der Waals surface area contributed by atoms with E-state index in [1.807, 2.05) is 29.3 Å². The van der Waals surface area contributed by atoms with Crippen molar-refractivity contribution in [3.8, 4) is 11.4 Å². The summed E-state index contributed by atoms with van der Waals surface area (Å²) in [6.07, 6.45) is 9.11. The number of carbonyl (C=O) groups is 1. The van der Waals surface area contributed by atoms with Crippen LogP contribution >= 0.6 is 0 Å². The van der Waals surface area contributed by atoms with Crippen molar-refractivity contribution in [1.82, 2.24) is 14.5 Å². The summed E-state index contributed by atoms with van der Waals surface area (Å²) in [6, 6.07) is 10.7. The Balaban J connectivity index is 1.41. The number of aryl methyl sites for hydroxylation is 1. The van der Waals surface area contributed by atoms with E-state index in [-0.39, 0.29) is 0 Å². The molecule has 1 amide bonds. The van der Waals surface area contributed by atoms with Gasteiger partial charge in [0, 0.05) is 37.0 Å². The van der Waals surface area contributed by atoms with E-state index >= 15 is 0 Å². The van der Waals surface area contributed by atoms with Gasteiger partial charge in [-0.3, -0.25) is 4.79 Å². The molecule has 2 aliphatic rings. The van der Waals surface area contributed by atoms with Crippen molar-refractivity contribution in [1.29, 1.82) is 0 Å². The molecule has 4 heteroatoms. The van der Waals surface area contributed by atoms with Crippen LogP contribution in [0.5, 0.6) is 0 Å². The molecule has 4 nitrogen and oxygen atoms in total. The third kappa shape index (κ3) is 3.35. The number of benzene rings is 1. The zero-order valence-electron chi connectivity index (χ0n) is 15.0. The highest BCUT2D eigenvalue weighted by Crippen LogP contribution is 2.32. The van der Waals surface area contributed by atoms with Crippen LogP contribution in [-0.2, 0) is 4.79 Å². The molecule has 1 aliphatic carbocycles. The average Bonchev–Trinajstić information content (AvgIpc) is 2.97. The molecule has 1 aromatic heterocycles. The Morgan fingerprint density at radius 1 is 1.12 bits per heavy atom. The van der Waals surface area contributed by atoms with Gasteiger partial charge in [0.2, 0.25) is 5.91 Å². The molecular formula is C21H27N3O. The van der Waals surface area contributed by atoms with Crippen LogP contribution in [0.15, 0.2) is 36.5 Å². The SMILES string of the molecule is Cc1cnc(-c2ccccc2)n1C1CN(C(=O)CC2CCCCC2)C1. The molecule has 2 fully saturated rings. The molecule has 1 aromatic carbocycles. The Labute approximate surface area is 149 Å². The molecule has 1 saturated heterocycles. The van der Waals surface area contributed by atoms with Gasteiger partial charge in [0.15, 0.2) is 0 Å². The van der Waals surface area contributed by atoms with Gasteiger partial charge in [-0.25, -0.2) is 4.98 Å². The monoisotopic (exact) mass is 337 g/mol. The van der Waals surface area contributed by atoms with Gasteiger partial charge in [0.1, 0.15) is 5.82 Å². The predicted octanol–water partition coefficient (Wildman–Crippen LogP) is 4.21. The third-order valence-corrected chi connectivity index (χ3v) is 5.78. The maximum atomic E-state index is 12.5. The summed E-state index contributed by atoms with van der Waals surface area (Å²) in [7, 11) is 0. The molecule has 0 atom stereocenters. The van der Waals surface area contributed by atoms with Crippen molar-refractivity contribution in [3.63, 3.8) is 0 Å². The lowest BCUT2D eigenvalue weighted by Gasteiger charge is -2.42. The second-order valence-corrected chi connectivity index (χ2v) is 7.62. The Bertz CT molecular complexity index is 725. The lowest BCUT2D eigenvalue weighted by Crippen LogP contribution is -2.51. The van der Waals surface area contributed by atoms with Gasteiger partial charge in [-0.1, -0.05) is 49.6 Å². The first-order valence-electron chi connectivity index (χ1n) is 9.59. The number of carbonyl (C=O) groups excluding carboxylic acids is 1. The molecule has 0 N–H and O–H groups in total. The first-order chi connectivity index (χ1) is 12.2. The van der Waals surface area contributed by atoms with E-state index in [0.717, 1.165) is 30.9 Å². The van der Waals surface area contributed by atoms with Gasteiger partial charge in [0.25, 0.3) is 0 Å². The van der Waals surface area contributed by atoms with E-state index in [1.54, 1.807) is 0 Å². The van der Waals surface area contributed by atoms with E-state index in [0.29, 0.717) is 17.9 Å². The molecule has 132 valence electrons. The number of hydrogen-bond acceptors (Lipinski definition) is 2. The fourth-order valence-corrected chi connectivity index (χ4v) is 4.30. The highest BCUT2D eigenvalue weighted by Gasteiger charge is 2.34. The Hall–Kier alpha value is -2.10. The molecule has 1 saturated carbocycles. The lowest BCUT2D eigenvalue weighted by molar-refractivity contribution is -0.138. The van der Waals surface area contributed by atoms with Crippen LogP contribution in [0.2, 0.25) is 0 Å². The molecule has 0 radical (unpaired) electrons. The number of likely N-dealkylation sites (tertiary alicyclic amines) is 1. The first-order valence-corrected chi connectivity index (χ1v) is 9.59. The van der Waals surface area contributed by atoms with Gasteiger partial charge in [-0.15, -0.1) is 0 Å². The second-order valence-electron chi connectivity index (χ2n) is 7.62. The normalized spacial score (nSPS) is 19.0. The van der Waals surface area contributed by atoms with E-state index in [2.05, 4.69) is 28.6 Å². The van der Waals surface area contributed by atoms with Crippen LogP contribution in [0.25, 0.3) is 11.4 Å². The zero-order chi connectivity index (χ0) is 17.2. The van der Waals surface area contributed by atoms with Crippen molar-refractivity contribution >= 4 is 5.91 Å². The molecule has 25 heavy (non-hydrogen) atoms. The maximum absolute atomic E-state index is 12.5. The van der Waals surface area contributed by atoms with Crippen LogP contribution in [-0.4, -0.2) is 33.4 Å². The Morgan fingerprint density at radius 2 is 1.84 bits per heavy atom. The van der Waals surface area contributed by atoms with Gasteiger partial charge in [0.05, 0.1) is 6.04 Å². The summed E-state index contributed by atoms with van der Waals surface area (Å²) in [6.45, 7) is 3.75. The predicted molar refractivity (Wildman–Crippen MR) is 99.2 cm³/mol. The fourth-order valence-electron chi connectivity index (χ4n) is 4.30. The number of aromatic nitrogens is 2. The van der Waals surface area contributed by atoms with Crippen molar-refractivity contribution < 1.29 is 4.79 Å². The van der Waals surface area contributed by atoms with Crippen molar-refractivity contribution in [2.75, 3.05) is 13.1 Å². The smallest absolute Gasteiger partial charge is 0.222 e. The zero-order valence-corrected chi connectivity index (χ0v) is 15.0. The molecule has 0 unspecified atom stereocenters. The highest BCUT2D eigenvalue weighted by molar-refractivity contribution is 5.77. The number of hydrogen-bond donors (Lipinski definition) is 0. The fraction of sp³-hybridized carbons (Fsp3) is 0.524. The van der Waals surface area contributed by atoms with Crippen LogP contribution in [0, 0.1) is 12.8 Å². The molecule has 2 aromatic rings. The second kappa shape index (κ2) is 7.03. The minimum atomic E-state index is 0.349. The maximum Gasteiger partial charge on any atom is 0.222 e. The molecule has 4 rings (SSSR count). The largest absolute Gasteiger partial charge is 0.338 e. The summed E-state index contributed by atoms with van der Waals surface area (Å²) >= 11 is 0. The summed E-state index contributed by atoms with van der Waals surface area (Å²) in [5, 5.41) is 0. The standard InChI is InChI=1S/C21H27N3O/c1-16-13-22-21(18-10-6-3-7-11-18)24(16)19-14-23(15-19)20(25)12-17-8-4-2-5-9-17/h3,6-7,10-11,13,17,19H,2,4-5,8-9,12,14-15H2,1H3. The summed E-state index contributed by atoms with van der Waals surface area (Å²) < 4.78 is 2.31. The van der Waals surface area contributed by atoms with Gasteiger partial charge >= 0.3 is 0 Å². The average molecular weight is 337 g/mol. The minimum Gasteiger partial charge on any atom is -0.338 e. The summed E-state index contributed by atoms with van der Waals surface area (Å²) in [4.78, 5) is 19.2. The van der Waals surface area contributed by atoms with Gasteiger partial charge in [-0.2, -0.15) is 0 Å². The molecule has 1 aliphatic heterocycles. The van der Waals surface area contributed by atoms with Crippen molar-refractivity contribution in [2.24, 2.45) is 5.92 Å². The number of amides is 1. The topological polar surface area (TPSA) is 38.1 Å². The van der Waals surface area contributed by atoms with E-state index in [4.69, 9.17) is 0 Å². The van der Waals surface area contributed by atoms with Crippen molar-refractivity contribution in [3.05, 3.63) is 42.2 Å². The molecule has 0 spiro atoms. The molecular weight excluding hydrogens is 310 g/mol. The third-order valence-electron chi connectivity index (χ3n) is 5.78. The minimum absolute atomic E-state index is 0.349. The first kappa shape index (κ1) is 16.4. The van der Waals surface area contributed by atoms with E-state index in [1.165, 1.54) is 37.8 Å². The summed E-state index contributed by atoms with van der Waals surface area (Å²) in [5.41, 5.74) is 2.31. The lowest BCUT2D eigenvalue weighted by atomic mass is 9.86. The van der Waals surface area contributed by atoms with Crippen LogP contribution in [0.1, 0.15) is 50.3 Å². The van der Waals surface area contributed by atoms with Crippen molar-refractivity contribution in [2.45, 2.75) is 51.5 Å². The number of rotatable bonds is 4. The van der Waals surface area contributed by atoms with Gasteiger partial charge in [-0.05, 0) is 25.7 Å². The van der Waals surface area contributed by atoms with E-state index in [9.17, 15) is 4.79 Å². The number of imidazole rings is 1. The summed E-state index contributed by atoms with van der Waals surface area (Å²) in [5.74, 6) is 1.99. The quantitative estimate of drug-likeness (QED) is 0.838. The van der Waals surface area contributed by atoms with E-state index < -0.39 is 0 Å². The Morgan fingerprint density at radius 3 is 2.56 bits per heavy atom. The molecule has 0 bridgehead atoms. The van der Waals surface area contributed by atoms with Gasteiger partial charge < -0.3 is 9.47 Å². The van der Waals surface area contributed by atoms with Crippen LogP contribution in [0.3, 0.4) is 0 Å². The van der Waals surface area contributed by atoms with Crippen LogP contribution in [0.4, 0.5) is 0 Å². The molecule has 2 heterocycles. The Kier molecular flexibility index (Phi) is 4.60. The number of nitrogens with zero attached hydrogens (tertiary/aromatic N) is 3.